The molecule has 4 N–H and O–H groups in total. The first-order valence-corrected chi connectivity index (χ1v) is 11.8. The standard InChI is InChI=1S/C24H30BN5O7/c1-14(2)11-18(25-36-20(24(34)35-3)19(26)23(33)37-25)30-21(31)16(12-15-7-5-4-6-8-15)29-22(32)17-13-27-9-10-28-17/h4-10,13-14,16,18-20H,11-12,26H2,1-3H3,(H,29,32)(H,30,31)/t16-,18-,19+,20+/m0/s1. The molecule has 1 aliphatic rings. The first-order valence-electron chi connectivity index (χ1n) is 11.8. The number of benzene rings is 1. The van der Waals surface area contributed by atoms with Crippen molar-refractivity contribution >= 4 is 30.9 Å². The van der Waals surface area contributed by atoms with Crippen LogP contribution in [0.15, 0.2) is 48.9 Å². The zero-order chi connectivity index (χ0) is 26.9. The number of hydrogen-bond donors (Lipinski definition) is 3. The van der Waals surface area contributed by atoms with Gasteiger partial charge in [-0.3, -0.25) is 19.4 Å². The monoisotopic (exact) mass is 511 g/mol. The SMILES string of the molecule is COC(=O)[C@@H]1OB([C@H](CC(C)C)NC(=O)[C@H](Cc2ccccc2)NC(=O)c2cnccn2)OC(=O)[C@@H]1N. The van der Waals surface area contributed by atoms with Gasteiger partial charge in [-0.15, -0.1) is 0 Å². The predicted octanol–water partition coefficient (Wildman–Crippen LogP) is -0.182. The van der Waals surface area contributed by atoms with Gasteiger partial charge in [0.15, 0.2) is 6.10 Å². The first kappa shape index (κ1) is 27.7. The van der Waals surface area contributed by atoms with Crippen LogP contribution in [0.5, 0.6) is 0 Å². The number of hydrogen-bond acceptors (Lipinski definition) is 10. The molecule has 0 bridgehead atoms. The fourth-order valence-corrected chi connectivity index (χ4v) is 3.81. The van der Waals surface area contributed by atoms with Crippen molar-refractivity contribution in [2.45, 2.75) is 50.8 Å². The third-order valence-electron chi connectivity index (χ3n) is 5.63. The highest BCUT2D eigenvalue weighted by molar-refractivity contribution is 6.50. The summed E-state index contributed by atoms with van der Waals surface area (Å²) in [6.07, 6.45) is 3.22. The van der Waals surface area contributed by atoms with Crippen molar-refractivity contribution in [3.8, 4) is 0 Å². The molecule has 2 amide bonds. The Labute approximate surface area is 214 Å². The maximum Gasteiger partial charge on any atom is 0.552 e. The van der Waals surface area contributed by atoms with Gasteiger partial charge in [-0.2, -0.15) is 0 Å². The predicted molar refractivity (Wildman–Crippen MR) is 132 cm³/mol. The molecule has 1 fully saturated rings. The number of carbonyl (C=O) groups excluding carboxylic acids is 4. The van der Waals surface area contributed by atoms with Crippen molar-refractivity contribution in [1.29, 1.82) is 0 Å². The smallest absolute Gasteiger partial charge is 0.507 e. The van der Waals surface area contributed by atoms with Crippen LogP contribution in [0, 0.1) is 5.92 Å². The number of ether oxygens (including phenoxy) is 1. The zero-order valence-electron chi connectivity index (χ0n) is 20.8. The average Bonchev–Trinajstić information content (AvgIpc) is 2.89. The number of nitrogens with zero attached hydrogens (tertiary/aromatic N) is 2. The van der Waals surface area contributed by atoms with Gasteiger partial charge in [0.25, 0.3) is 5.91 Å². The van der Waals surface area contributed by atoms with Crippen molar-refractivity contribution in [3.05, 3.63) is 60.2 Å². The second kappa shape index (κ2) is 12.9. The Balaban J connectivity index is 1.82. The number of aromatic nitrogens is 2. The maximum atomic E-state index is 13.5. The molecule has 0 aliphatic carbocycles. The van der Waals surface area contributed by atoms with E-state index in [1.54, 1.807) is 0 Å². The van der Waals surface area contributed by atoms with Crippen LogP contribution in [0.2, 0.25) is 0 Å². The van der Waals surface area contributed by atoms with Crippen LogP contribution in [-0.4, -0.2) is 72.1 Å². The van der Waals surface area contributed by atoms with Crippen molar-refractivity contribution in [3.63, 3.8) is 0 Å². The summed E-state index contributed by atoms with van der Waals surface area (Å²) in [4.78, 5) is 58.6. The summed E-state index contributed by atoms with van der Waals surface area (Å²) in [6.45, 7) is 3.81. The summed E-state index contributed by atoms with van der Waals surface area (Å²) in [5.41, 5.74) is 6.61. The highest BCUT2D eigenvalue weighted by Gasteiger charge is 2.49. The van der Waals surface area contributed by atoms with E-state index in [1.807, 2.05) is 44.2 Å². The van der Waals surface area contributed by atoms with Crippen LogP contribution >= 0.6 is 0 Å². The molecule has 12 nitrogen and oxygen atoms in total. The molecule has 3 rings (SSSR count). The molecule has 37 heavy (non-hydrogen) atoms. The zero-order valence-corrected chi connectivity index (χ0v) is 20.8. The third kappa shape index (κ3) is 7.57. The Morgan fingerprint density at radius 2 is 1.89 bits per heavy atom. The minimum absolute atomic E-state index is 0.0431. The summed E-state index contributed by atoms with van der Waals surface area (Å²) in [7, 11) is -0.148. The van der Waals surface area contributed by atoms with Gasteiger partial charge in [-0.25, -0.2) is 9.78 Å². The van der Waals surface area contributed by atoms with E-state index in [0.717, 1.165) is 12.7 Å². The lowest BCUT2D eigenvalue weighted by atomic mass is 9.72. The fraction of sp³-hybridized carbons (Fsp3) is 0.417. The van der Waals surface area contributed by atoms with Gasteiger partial charge in [-0.1, -0.05) is 44.2 Å². The second-order valence-corrected chi connectivity index (χ2v) is 8.96. The van der Waals surface area contributed by atoms with E-state index in [1.165, 1.54) is 18.6 Å². The molecule has 0 unspecified atom stereocenters. The van der Waals surface area contributed by atoms with Crippen LogP contribution in [0.3, 0.4) is 0 Å². The third-order valence-corrected chi connectivity index (χ3v) is 5.63. The van der Waals surface area contributed by atoms with E-state index in [0.29, 0.717) is 6.42 Å². The highest BCUT2D eigenvalue weighted by atomic mass is 16.7. The van der Waals surface area contributed by atoms with Gasteiger partial charge in [0.2, 0.25) is 5.91 Å². The molecule has 0 saturated carbocycles. The van der Waals surface area contributed by atoms with E-state index in [4.69, 9.17) is 19.8 Å². The van der Waals surface area contributed by atoms with Crippen molar-refractivity contribution < 1.29 is 33.2 Å². The number of methoxy groups -OCH3 is 1. The number of nitrogens with two attached hydrogens (primary N) is 1. The Morgan fingerprint density at radius 3 is 2.51 bits per heavy atom. The summed E-state index contributed by atoms with van der Waals surface area (Å²) in [5, 5.41) is 5.52. The lowest BCUT2D eigenvalue weighted by Gasteiger charge is -2.34. The van der Waals surface area contributed by atoms with Gasteiger partial charge >= 0.3 is 19.1 Å². The molecule has 1 aliphatic heterocycles. The number of nitrogens with one attached hydrogen (secondary N) is 2. The number of esters is 1. The van der Waals surface area contributed by atoms with E-state index < -0.39 is 55.0 Å². The largest absolute Gasteiger partial charge is 0.552 e. The minimum Gasteiger partial charge on any atom is -0.507 e. The van der Waals surface area contributed by atoms with Gasteiger partial charge in [0.1, 0.15) is 17.8 Å². The minimum atomic E-state index is -1.39. The number of carbonyl (C=O) groups is 4. The van der Waals surface area contributed by atoms with E-state index in [-0.39, 0.29) is 18.0 Å². The van der Waals surface area contributed by atoms with Crippen LogP contribution in [0.25, 0.3) is 0 Å². The van der Waals surface area contributed by atoms with Gasteiger partial charge in [0, 0.05) is 18.8 Å². The highest BCUT2D eigenvalue weighted by Crippen LogP contribution is 2.19. The number of rotatable bonds is 10. The Kier molecular flexibility index (Phi) is 9.69. The molecule has 2 aromatic rings. The quantitative estimate of drug-likeness (QED) is 0.287. The summed E-state index contributed by atoms with van der Waals surface area (Å²) in [6, 6.07) is 6.76. The topological polar surface area (TPSA) is 172 Å². The lowest BCUT2D eigenvalue weighted by Crippen LogP contribution is -2.64. The molecule has 1 saturated heterocycles. The second-order valence-electron chi connectivity index (χ2n) is 8.96. The Morgan fingerprint density at radius 1 is 1.16 bits per heavy atom. The van der Waals surface area contributed by atoms with Gasteiger partial charge in [0.05, 0.1) is 19.2 Å². The van der Waals surface area contributed by atoms with E-state index >= 15 is 0 Å². The van der Waals surface area contributed by atoms with Crippen molar-refractivity contribution in [2.75, 3.05) is 7.11 Å². The summed E-state index contributed by atoms with van der Waals surface area (Å²) >= 11 is 0. The van der Waals surface area contributed by atoms with Gasteiger partial charge < -0.3 is 30.4 Å². The molecule has 1 aromatic heterocycles. The van der Waals surface area contributed by atoms with Crippen molar-refractivity contribution in [2.24, 2.45) is 11.7 Å². The number of amides is 2. The normalized spacial score (nSPS) is 18.9. The van der Waals surface area contributed by atoms with E-state index in [9.17, 15) is 19.2 Å². The Bertz CT molecular complexity index is 1090. The molecule has 1 aromatic carbocycles. The molecule has 0 radical (unpaired) electrons. The van der Waals surface area contributed by atoms with Gasteiger partial charge in [-0.05, 0) is 17.9 Å². The summed E-state index contributed by atoms with van der Waals surface area (Å²) < 4.78 is 15.7. The molecular formula is C24H30BN5O7. The molecular weight excluding hydrogens is 481 g/mol. The molecule has 2 heterocycles. The molecule has 13 heteroatoms. The van der Waals surface area contributed by atoms with Crippen LogP contribution in [-0.2, 0) is 34.9 Å². The fourth-order valence-electron chi connectivity index (χ4n) is 3.81. The Hall–Kier alpha value is -3.84. The first-order chi connectivity index (χ1) is 17.7. The van der Waals surface area contributed by atoms with E-state index in [2.05, 4.69) is 20.6 Å². The van der Waals surface area contributed by atoms with Crippen molar-refractivity contribution in [1.82, 2.24) is 20.6 Å². The molecule has 4 atom stereocenters. The lowest BCUT2D eigenvalue weighted by molar-refractivity contribution is -0.162. The maximum absolute atomic E-state index is 13.5. The summed E-state index contributed by atoms with van der Waals surface area (Å²) in [5.74, 6) is -3.62. The van der Waals surface area contributed by atoms with Crippen LogP contribution in [0.4, 0.5) is 0 Å². The molecule has 196 valence electrons. The van der Waals surface area contributed by atoms with Crippen LogP contribution in [0.1, 0.15) is 36.3 Å². The van der Waals surface area contributed by atoms with Crippen LogP contribution < -0.4 is 16.4 Å². The average molecular weight is 511 g/mol. The molecule has 0 spiro atoms.